The van der Waals surface area contributed by atoms with Crippen molar-refractivity contribution in [2.75, 3.05) is 51.4 Å². The minimum atomic E-state index is 0.539. The Hall–Kier alpha value is -1.92. The van der Waals surface area contributed by atoms with Crippen molar-refractivity contribution in [1.82, 2.24) is 15.3 Å². The fourth-order valence-corrected chi connectivity index (χ4v) is 2.34. The summed E-state index contributed by atoms with van der Waals surface area (Å²) in [7, 11) is 1.66. The zero-order valence-electron chi connectivity index (χ0n) is 12.2. The predicted octanol–water partition coefficient (Wildman–Crippen LogP) is 1.06. The Morgan fingerprint density at radius 2 is 2.10 bits per heavy atom. The molecule has 1 aromatic heterocycles. The van der Waals surface area contributed by atoms with Crippen molar-refractivity contribution < 1.29 is 9.47 Å². The number of rotatable bonds is 5. The van der Waals surface area contributed by atoms with Gasteiger partial charge in [0.05, 0.1) is 12.1 Å². The van der Waals surface area contributed by atoms with Gasteiger partial charge >= 0.3 is 0 Å². The molecular formula is C15H20N4O2. The van der Waals surface area contributed by atoms with Crippen LogP contribution in [0.15, 0.2) is 24.4 Å². The Balaban J connectivity index is 1.80. The molecule has 0 aliphatic carbocycles. The minimum absolute atomic E-state index is 0.539. The first kappa shape index (κ1) is 14.0. The number of methoxy groups -OCH3 is 1. The molecule has 21 heavy (non-hydrogen) atoms. The van der Waals surface area contributed by atoms with Crippen molar-refractivity contribution in [1.29, 1.82) is 0 Å². The number of aromatic nitrogens is 2. The summed E-state index contributed by atoms with van der Waals surface area (Å²) in [5.41, 5.74) is 0.911. The third-order valence-corrected chi connectivity index (χ3v) is 3.50. The summed E-state index contributed by atoms with van der Waals surface area (Å²) in [5.74, 6) is 1.60. The molecule has 1 saturated heterocycles. The molecule has 6 heteroatoms. The van der Waals surface area contributed by atoms with Gasteiger partial charge in [0, 0.05) is 50.9 Å². The van der Waals surface area contributed by atoms with Gasteiger partial charge in [-0.15, -0.1) is 0 Å². The fourth-order valence-electron chi connectivity index (χ4n) is 2.34. The topological polar surface area (TPSA) is 59.5 Å². The van der Waals surface area contributed by atoms with Gasteiger partial charge in [-0.05, 0) is 12.1 Å². The van der Waals surface area contributed by atoms with Crippen LogP contribution in [-0.2, 0) is 4.74 Å². The summed E-state index contributed by atoms with van der Waals surface area (Å²) in [5, 5.41) is 4.35. The van der Waals surface area contributed by atoms with Gasteiger partial charge in [-0.1, -0.05) is 0 Å². The lowest BCUT2D eigenvalue weighted by molar-refractivity contribution is 0.146. The largest absolute Gasteiger partial charge is 0.491 e. The maximum Gasteiger partial charge on any atom is 0.225 e. The highest BCUT2D eigenvalue weighted by Gasteiger charge is 2.13. The number of anilines is 1. The van der Waals surface area contributed by atoms with Crippen LogP contribution in [0.1, 0.15) is 0 Å². The number of hydrogen-bond acceptors (Lipinski definition) is 6. The molecule has 0 atom stereocenters. The van der Waals surface area contributed by atoms with E-state index in [1.54, 1.807) is 7.11 Å². The highest BCUT2D eigenvalue weighted by molar-refractivity contribution is 5.80. The van der Waals surface area contributed by atoms with Gasteiger partial charge in [-0.2, -0.15) is 0 Å². The zero-order valence-corrected chi connectivity index (χ0v) is 12.2. The Morgan fingerprint density at radius 1 is 1.24 bits per heavy atom. The number of ether oxygens (including phenoxy) is 2. The van der Waals surface area contributed by atoms with Crippen molar-refractivity contribution in [3.63, 3.8) is 0 Å². The monoisotopic (exact) mass is 288 g/mol. The van der Waals surface area contributed by atoms with Gasteiger partial charge in [-0.25, -0.2) is 9.97 Å². The lowest BCUT2D eigenvalue weighted by Gasteiger charge is -2.27. The predicted molar refractivity (Wildman–Crippen MR) is 82.0 cm³/mol. The molecule has 0 unspecified atom stereocenters. The van der Waals surface area contributed by atoms with E-state index in [0.717, 1.165) is 48.8 Å². The maximum atomic E-state index is 5.63. The first-order valence-corrected chi connectivity index (χ1v) is 7.21. The van der Waals surface area contributed by atoms with Crippen molar-refractivity contribution in [3.05, 3.63) is 24.4 Å². The second-order valence-corrected chi connectivity index (χ2v) is 4.97. The summed E-state index contributed by atoms with van der Waals surface area (Å²) in [4.78, 5) is 11.3. The lowest BCUT2D eigenvalue weighted by Crippen LogP contribution is -2.44. The molecule has 0 spiro atoms. The first-order valence-electron chi connectivity index (χ1n) is 7.21. The summed E-state index contributed by atoms with van der Waals surface area (Å²) >= 11 is 0. The van der Waals surface area contributed by atoms with Gasteiger partial charge < -0.3 is 19.7 Å². The molecule has 0 bridgehead atoms. The molecule has 6 nitrogen and oxygen atoms in total. The molecule has 2 heterocycles. The van der Waals surface area contributed by atoms with Crippen LogP contribution in [0.2, 0.25) is 0 Å². The summed E-state index contributed by atoms with van der Waals surface area (Å²) in [6.45, 7) is 4.94. The van der Waals surface area contributed by atoms with Gasteiger partial charge in [0.15, 0.2) is 0 Å². The third-order valence-electron chi connectivity index (χ3n) is 3.50. The van der Waals surface area contributed by atoms with Crippen molar-refractivity contribution in [3.8, 4) is 5.75 Å². The summed E-state index contributed by atoms with van der Waals surface area (Å²) < 4.78 is 10.6. The Morgan fingerprint density at radius 3 is 2.90 bits per heavy atom. The van der Waals surface area contributed by atoms with Gasteiger partial charge in [0.1, 0.15) is 12.4 Å². The van der Waals surface area contributed by atoms with E-state index in [1.165, 1.54) is 0 Å². The molecule has 112 valence electrons. The van der Waals surface area contributed by atoms with Gasteiger partial charge in [0.25, 0.3) is 0 Å². The number of nitrogens with one attached hydrogen (secondary N) is 1. The Bertz CT molecular complexity index is 599. The van der Waals surface area contributed by atoms with Crippen LogP contribution in [0.5, 0.6) is 5.75 Å². The number of hydrogen-bond donors (Lipinski definition) is 1. The van der Waals surface area contributed by atoms with E-state index in [-0.39, 0.29) is 0 Å². The molecular weight excluding hydrogens is 268 g/mol. The number of piperazine rings is 1. The summed E-state index contributed by atoms with van der Waals surface area (Å²) in [6, 6.07) is 5.88. The normalized spacial score (nSPS) is 15.4. The van der Waals surface area contributed by atoms with E-state index < -0.39 is 0 Å². The zero-order chi connectivity index (χ0) is 14.5. The maximum absolute atomic E-state index is 5.63. The molecule has 1 aliphatic rings. The Kier molecular flexibility index (Phi) is 4.47. The van der Waals surface area contributed by atoms with Gasteiger partial charge in [-0.3, -0.25) is 0 Å². The number of benzene rings is 1. The van der Waals surface area contributed by atoms with E-state index >= 15 is 0 Å². The van der Waals surface area contributed by atoms with Crippen LogP contribution in [0, 0.1) is 0 Å². The van der Waals surface area contributed by atoms with Crippen molar-refractivity contribution >= 4 is 16.9 Å². The Labute approximate surface area is 124 Å². The average molecular weight is 288 g/mol. The smallest absolute Gasteiger partial charge is 0.225 e. The van der Waals surface area contributed by atoms with Gasteiger partial charge in [0.2, 0.25) is 5.95 Å². The molecule has 1 N–H and O–H groups in total. The van der Waals surface area contributed by atoms with Crippen LogP contribution < -0.4 is 15.0 Å². The average Bonchev–Trinajstić information content (AvgIpc) is 2.55. The lowest BCUT2D eigenvalue weighted by atomic mass is 10.2. The standard InChI is InChI=1S/C15H20N4O2/c1-20-8-9-21-13-3-2-12-11-17-15(18-14(12)10-13)19-6-4-16-5-7-19/h2-3,10-11,16H,4-9H2,1H3. The summed E-state index contributed by atoms with van der Waals surface area (Å²) in [6.07, 6.45) is 1.87. The van der Waals surface area contributed by atoms with E-state index in [2.05, 4.69) is 20.2 Å². The molecule has 1 aliphatic heterocycles. The van der Waals surface area contributed by atoms with Crippen LogP contribution in [0.3, 0.4) is 0 Å². The first-order chi connectivity index (χ1) is 10.4. The SMILES string of the molecule is COCCOc1ccc2cnc(N3CCNCC3)nc2c1. The van der Waals surface area contributed by atoms with Crippen LogP contribution in [-0.4, -0.2) is 56.5 Å². The second-order valence-electron chi connectivity index (χ2n) is 4.97. The van der Waals surface area contributed by atoms with Crippen LogP contribution in [0.25, 0.3) is 10.9 Å². The van der Waals surface area contributed by atoms with E-state index in [9.17, 15) is 0 Å². The molecule has 1 aromatic carbocycles. The molecule has 0 radical (unpaired) electrons. The molecule has 2 aromatic rings. The van der Waals surface area contributed by atoms with Crippen molar-refractivity contribution in [2.24, 2.45) is 0 Å². The molecule has 0 amide bonds. The van der Waals surface area contributed by atoms with E-state index in [1.807, 2.05) is 24.4 Å². The highest BCUT2D eigenvalue weighted by atomic mass is 16.5. The molecule has 0 saturated carbocycles. The third kappa shape index (κ3) is 3.40. The fraction of sp³-hybridized carbons (Fsp3) is 0.467. The number of fused-ring (bicyclic) bond motifs is 1. The number of nitrogens with zero attached hydrogens (tertiary/aromatic N) is 3. The molecule has 1 fully saturated rings. The molecule has 3 rings (SSSR count). The quantitative estimate of drug-likeness (QED) is 0.830. The minimum Gasteiger partial charge on any atom is -0.491 e. The highest BCUT2D eigenvalue weighted by Crippen LogP contribution is 2.21. The van der Waals surface area contributed by atoms with E-state index in [0.29, 0.717) is 13.2 Å². The second kappa shape index (κ2) is 6.69. The van der Waals surface area contributed by atoms with Crippen LogP contribution in [0.4, 0.5) is 5.95 Å². The van der Waals surface area contributed by atoms with Crippen molar-refractivity contribution in [2.45, 2.75) is 0 Å². The van der Waals surface area contributed by atoms with E-state index in [4.69, 9.17) is 9.47 Å². The van der Waals surface area contributed by atoms with Crippen LogP contribution >= 0.6 is 0 Å².